The number of nitrogens with zero attached hydrogens (tertiary/aromatic N) is 1. The largest absolute Gasteiger partial charge is 0.395 e. The van der Waals surface area contributed by atoms with E-state index in [1.165, 1.54) is 0 Å². The highest BCUT2D eigenvalue weighted by Crippen LogP contribution is 2.19. The number of hydrogen-bond acceptors (Lipinski definition) is 2. The lowest BCUT2D eigenvalue weighted by Gasteiger charge is -2.23. The zero-order valence-corrected chi connectivity index (χ0v) is 12.8. The molecule has 0 unspecified atom stereocenters. The third-order valence-corrected chi connectivity index (χ3v) is 3.40. The van der Waals surface area contributed by atoms with E-state index in [2.05, 4.69) is 12.2 Å². The average molecular weight is 278 g/mol. The molecular weight excluding hydrogens is 252 g/mol. The fourth-order valence-corrected chi connectivity index (χ4v) is 2.19. The standard InChI is InChI=1S/C16H26N2O2/c1-4-5-6-10-18(11-12-19)16(20)17-15-13(2)8-7-9-14(15)3/h7-9,19H,4-6,10-12H2,1-3H3,(H,17,20). The molecular formula is C16H26N2O2. The molecule has 0 atom stereocenters. The second kappa shape index (κ2) is 8.59. The first-order chi connectivity index (χ1) is 9.60. The van der Waals surface area contributed by atoms with Gasteiger partial charge in [0.2, 0.25) is 0 Å². The number of carbonyl (C=O) groups excluding carboxylic acids is 1. The van der Waals surface area contributed by atoms with Crippen LogP contribution in [0.4, 0.5) is 10.5 Å². The van der Waals surface area contributed by atoms with Crippen molar-refractivity contribution >= 4 is 11.7 Å². The molecule has 2 N–H and O–H groups in total. The molecule has 112 valence electrons. The first kappa shape index (κ1) is 16.5. The summed E-state index contributed by atoms with van der Waals surface area (Å²) in [5.74, 6) is 0. The van der Waals surface area contributed by atoms with Crippen LogP contribution in [0.2, 0.25) is 0 Å². The maximum atomic E-state index is 12.3. The van der Waals surface area contributed by atoms with Crippen LogP contribution in [0, 0.1) is 13.8 Å². The lowest BCUT2D eigenvalue weighted by molar-refractivity contribution is 0.187. The third-order valence-electron chi connectivity index (χ3n) is 3.40. The summed E-state index contributed by atoms with van der Waals surface area (Å²) in [5.41, 5.74) is 2.97. The average Bonchev–Trinajstić information content (AvgIpc) is 2.42. The van der Waals surface area contributed by atoms with Crippen molar-refractivity contribution < 1.29 is 9.90 Å². The van der Waals surface area contributed by atoms with Gasteiger partial charge in [0.05, 0.1) is 6.61 Å². The van der Waals surface area contributed by atoms with Gasteiger partial charge in [-0.05, 0) is 31.4 Å². The van der Waals surface area contributed by atoms with Gasteiger partial charge in [0.15, 0.2) is 0 Å². The number of anilines is 1. The van der Waals surface area contributed by atoms with Gasteiger partial charge in [-0.1, -0.05) is 38.0 Å². The highest BCUT2D eigenvalue weighted by molar-refractivity contribution is 5.91. The van der Waals surface area contributed by atoms with Crippen molar-refractivity contribution in [2.45, 2.75) is 40.0 Å². The van der Waals surface area contributed by atoms with E-state index in [-0.39, 0.29) is 12.6 Å². The van der Waals surface area contributed by atoms with Crippen LogP contribution in [0.1, 0.15) is 37.3 Å². The topological polar surface area (TPSA) is 52.6 Å². The SMILES string of the molecule is CCCCCN(CCO)C(=O)Nc1c(C)cccc1C. The second-order valence-electron chi connectivity index (χ2n) is 5.11. The second-order valence-corrected chi connectivity index (χ2v) is 5.11. The predicted molar refractivity (Wildman–Crippen MR) is 83.1 cm³/mol. The number of nitrogens with one attached hydrogen (secondary N) is 1. The molecule has 20 heavy (non-hydrogen) atoms. The molecule has 4 nitrogen and oxygen atoms in total. The molecule has 2 amide bonds. The van der Waals surface area contributed by atoms with Crippen molar-refractivity contribution in [3.8, 4) is 0 Å². The first-order valence-corrected chi connectivity index (χ1v) is 7.33. The molecule has 0 aromatic heterocycles. The van der Waals surface area contributed by atoms with Crippen LogP contribution in [-0.4, -0.2) is 35.7 Å². The van der Waals surface area contributed by atoms with Gasteiger partial charge in [-0.3, -0.25) is 0 Å². The van der Waals surface area contributed by atoms with E-state index < -0.39 is 0 Å². The molecule has 0 saturated heterocycles. The fourth-order valence-electron chi connectivity index (χ4n) is 2.19. The maximum absolute atomic E-state index is 12.3. The van der Waals surface area contributed by atoms with Gasteiger partial charge in [-0.25, -0.2) is 4.79 Å². The van der Waals surface area contributed by atoms with E-state index in [1.54, 1.807) is 4.90 Å². The minimum absolute atomic E-state index is 0.00764. The molecule has 0 aliphatic rings. The quantitative estimate of drug-likeness (QED) is 0.752. The number of para-hydroxylation sites is 1. The Morgan fingerprint density at radius 3 is 2.40 bits per heavy atom. The van der Waals surface area contributed by atoms with Gasteiger partial charge in [0.1, 0.15) is 0 Å². The number of urea groups is 1. The number of hydrogen-bond donors (Lipinski definition) is 2. The van der Waals surface area contributed by atoms with Crippen LogP contribution >= 0.6 is 0 Å². The van der Waals surface area contributed by atoms with Crippen molar-refractivity contribution in [2.24, 2.45) is 0 Å². The Morgan fingerprint density at radius 2 is 1.85 bits per heavy atom. The summed E-state index contributed by atoms with van der Waals surface area (Å²) >= 11 is 0. The van der Waals surface area contributed by atoms with Crippen molar-refractivity contribution in [3.63, 3.8) is 0 Å². The van der Waals surface area contributed by atoms with E-state index in [4.69, 9.17) is 5.11 Å². The Kier molecular flexibility index (Phi) is 7.09. The maximum Gasteiger partial charge on any atom is 0.321 e. The highest BCUT2D eigenvalue weighted by Gasteiger charge is 2.14. The third kappa shape index (κ3) is 4.85. The smallest absolute Gasteiger partial charge is 0.321 e. The van der Waals surface area contributed by atoms with Gasteiger partial charge in [0.25, 0.3) is 0 Å². The van der Waals surface area contributed by atoms with Gasteiger partial charge < -0.3 is 15.3 Å². The van der Waals surface area contributed by atoms with Crippen molar-refractivity contribution in [1.82, 2.24) is 4.90 Å². The predicted octanol–water partition coefficient (Wildman–Crippen LogP) is 3.32. The van der Waals surface area contributed by atoms with Crippen LogP contribution in [0.15, 0.2) is 18.2 Å². The molecule has 0 bridgehead atoms. The number of aliphatic hydroxyl groups is 1. The molecule has 0 saturated carbocycles. The Morgan fingerprint density at radius 1 is 1.20 bits per heavy atom. The fraction of sp³-hybridized carbons (Fsp3) is 0.562. The first-order valence-electron chi connectivity index (χ1n) is 7.33. The van der Waals surface area contributed by atoms with Crippen LogP contribution < -0.4 is 5.32 Å². The monoisotopic (exact) mass is 278 g/mol. The molecule has 0 radical (unpaired) electrons. The Bertz CT molecular complexity index is 412. The van der Waals surface area contributed by atoms with E-state index in [1.807, 2.05) is 32.0 Å². The number of rotatable bonds is 7. The molecule has 4 heteroatoms. The van der Waals surface area contributed by atoms with Gasteiger partial charge in [-0.2, -0.15) is 0 Å². The molecule has 0 spiro atoms. The minimum Gasteiger partial charge on any atom is -0.395 e. The van der Waals surface area contributed by atoms with E-state index >= 15 is 0 Å². The van der Waals surface area contributed by atoms with Gasteiger partial charge >= 0.3 is 6.03 Å². The van der Waals surface area contributed by atoms with Crippen molar-refractivity contribution in [2.75, 3.05) is 25.0 Å². The van der Waals surface area contributed by atoms with E-state index in [0.29, 0.717) is 13.1 Å². The summed E-state index contributed by atoms with van der Waals surface area (Å²) < 4.78 is 0. The van der Waals surface area contributed by atoms with Crippen LogP contribution in [-0.2, 0) is 0 Å². The number of aryl methyl sites for hydroxylation is 2. The highest BCUT2D eigenvalue weighted by atomic mass is 16.3. The summed E-state index contributed by atoms with van der Waals surface area (Å²) in [6, 6.07) is 5.81. The lowest BCUT2D eigenvalue weighted by Crippen LogP contribution is -2.38. The van der Waals surface area contributed by atoms with Crippen molar-refractivity contribution in [3.05, 3.63) is 29.3 Å². The van der Waals surface area contributed by atoms with Crippen LogP contribution in [0.5, 0.6) is 0 Å². The molecule has 0 heterocycles. The molecule has 0 aliphatic heterocycles. The molecule has 0 aliphatic carbocycles. The summed E-state index contributed by atoms with van der Waals surface area (Å²) in [5, 5.41) is 12.1. The minimum atomic E-state index is -0.132. The normalized spacial score (nSPS) is 10.4. The Hall–Kier alpha value is -1.55. The summed E-state index contributed by atoms with van der Waals surface area (Å²) in [6.45, 7) is 7.15. The zero-order chi connectivity index (χ0) is 15.0. The van der Waals surface area contributed by atoms with Crippen molar-refractivity contribution in [1.29, 1.82) is 0 Å². The number of carbonyl (C=O) groups is 1. The number of aliphatic hydroxyl groups excluding tert-OH is 1. The Balaban J connectivity index is 2.70. The van der Waals surface area contributed by atoms with Gasteiger partial charge in [0, 0.05) is 18.8 Å². The lowest BCUT2D eigenvalue weighted by atomic mass is 10.1. The summed E-state index contributed by atoms with van der Waals surface area (Å²) in [7, 11) is 0. The number of benzene rings is 1. The van der Waals surface area contributed by atoms with E-state index in [0.717, 1.165) is 36.1 Å². The number of unbranched alkanes of at least 4 members (excludes halogenated alkanes) is 2. The summed E-state index contributed by atoms with van der Waals surface area (Å²) in [4.78, 5) is 14.0. The Labute approximate surface area is 121 Å². The molecule has 0 fully saturated rings. The molecule has 1 rings (SSSR count). The number of amides is 2. The molecule has 1 aromatic rings. The van der Waals surface area contributed by atoms with Crippen LogP contribution in [0.3, 0.4) is 0 Å². The van der Waals surface area contributed by atoms with Crippen LogP contribution in [0.25, 0.3) is 0 Å². The molecule has 1 aromatic carbocycles. The van der Waals surface area contributed by atoms with Gasteiger partial charge in [-0.15, -0.1) is 0 Å². The zero-order valence-electron chi connectivity index (χ0n) is 12.8. The summed E-state index contributed by atoms with van der Waals surface area (Å²) in [6.07, 6.45) is 3.18. The van der Waals surface area contributed by atoms with E-state index in [9.17, 15) is 4.79 Å².